The van der Waals surface area contributed by atoms with E-state index in [2.05, 4.69) is 9.97 Å². The summed E-state index contributed by atoms with van der Waals surface area (Å²) >= 11 is 0. The minimum Gasteiger partial charge on any atom is -0.493 e. The van der Waals surface area contributed by atoms with Crippen molar-refractivity contribution < 1.29 is 9.84 Å². The fourth-order valence-corrected chi connectivity index (χ4v) is 2.70. The summed E-state index contributed by atoms with van der Waals surface area (Å²) in [6.45, 7) is 3.27. The standard InChI is InChI=1S/C16H18N2O3/c1-10-3-2-4-12(9-10)13-15(19)17-14(18-16(13)20)11-5-7-21-8-6-11/h2-4,9,11H,5-8H2,1H3,(H2,17,18,19,20). The van der Waals surface area contributed by atoms with Gasteiger partial charge in [0.25, 0.3) is 5.56 Å². The van der Waals surface area contributed by atoms with Gasteiger partial charge in [-0.25, -0.2) is 0 Å². The van der Waals surface area contributed by atoms with Crippen LogP contribution >= 0.6 is 0 Å². The summed E-state index contributed by atoms with van der Waals surface area (Å²) < 4.78 is 5.31. The van der Waals surface area contributed by atoms with Crippen LogP contribution in [0.4, 0.5) is 0 Å². The monoisotopic (exact) mass is 286 g/mol. The molecule has 1 aliphatic rings. The van der Waals surface area contributed by atoms with Crippen molar-refractivity contribution >= 4 is 0 Å². The van der Waals surface area contributed by atoms with Crippen molar-refractivity contribution in [3.8, 4) is 17.0 Å². The lowest BCUT2D eigenvalue weighted by Gasteiger charge is -2.21. The SMILES string of the molecule is Cc1cccc(-c2c(O)nc(C3CCOCC3)[nH]c2=O)c1. The Labute approximate surface area is 122 Å². The molecule has 1 fully saturated rings. The number of nitrogens with one attached hydrogen (secondary N) is 1. The fraction of sp³-hybridized carbons (Fsp3) is 0.375. The van der Waals surface area contributed by atoms with Crippen LogP contribution in [0.15, 0.2) is 29.1 Å². The third kappa shape index (κ3) is 2.83. The van der Waals surface area contributed by atoms with Crippen molar-refractivity contribution in [1.82, 2.24) is 9.97 Å². The zero-order chi connectivity index (χ0) is 14.8. The lowest BCUT2D eigenvalue weighted by molar-refractivity contribution is 0.0834. The van der Waals surface area contributed by atoms with E-state index in [1.807, 2.05) is 25.1 Å². The zero-order valence-corrected chi connectivity index (χ0v) is 11.9. The van der Waals surface area contributed by atoms with E-state index in [4.69, 9.17) is 4.74 Å². The van der Waals surface area contributed by atoms with Gasteiger partial charge in [-0.1, -0.05) is 29.8 Å². The predicted octanol–water partition coefficient (Wildman–Crippen LogP) is 2.34. The Balaban J connectivity index is 2.02. The molecule has 0 aliphatic carbocycles. The van der Waals surface area contributed by atoms with Crippen molar-refractivity contribution in [2.75, 3.05) is 13.2 Å². The van der Waals surface area contributed by atoms with E-state index >= 15 is 0 Å². The minimum absolute atomic E-state index is 0.143. The van der Waals surface area contributed by atoms with Crippen molar-refractivity contribution in [2.45, 2.75) is 25.7 Å². The Bertz CT molecular complexity index is 703. The first kappa shape index (κ1) is 13.8. The molecule has 0 unspecified atom stereocenters. The van der Waals surface area contributed by atoms with Gasteiger partial charge in [0, 0.05) is 19.1 Å². The van der Waals surface area contributed by atoms with Crippen molar-refractivity contribution in [1.29, 1.82) is 0 Å². The van der Waals surface area contributed by atoms with Gasteiger partial charge < -0.3 is 14.8 Å². The number of aromatic hydroxyl groups is 1. The number of nitrogens with zero attached hydrogens (tertiary/aromatic N) is 1. The molecule has 2 N–H and O–H groups in total. The van der Waals surface area contributed by atoms with Gasteiger partial charge in [-0.05, 0) is 25.3 Å². The number of aryl methyl sites for hydroxylation is 1. The van der Waals surface area contributed by atoms with Gasteiger partial charge in [0.15, 0.2) is 0 Å². The van der Waals surface area contributed by atoms with Crippen LogP contribution in [0.25, 0.3) is 11.1 Å². The second-order valence-corrected chi connectivity index (χ2v) is 5.41. The Morgan fingerprint density at radius 1 is 1.33 bits per heavy atom. The molecule has 2 heterocycles. The van der Waals surface area contributed by atoms with E-state index in [9.17, 15) is 9.90 Å². The summed E-state index contributed by atoms with van der Waals surface area (Å²) in [5, 5.41) is 10.2. The van der Waals surface area contributed by atoms with Gasteiger partial charge in [0.1, 0.15) is 11.4 Å². The molecule has 5 nitrogen and oxygen atoms in total. The van der Waals surface area contributed by atoms with Crippen molar-refractivity contribution in [3.05, 3.63) is 46.0 Å². The van der Waals surface area contributed by atoms with Gasteiger partial charge >= 0.3 is 0 Å². The number of aromatic amines is 1. The molecule has 0 saturated carbocycles. The first-order valence-electron chi connectivity index (χ1n) is 7.13. The first-order chi connectivity index (χ1) is 10.1. The van der Waals surface area contributed by atoms with Crippen LogP contribution in [0.5, 0.6) is 5.88 Å². The maximum atomic E-state index is 12.3. The van der Waals surface area contributed by atoms with Crippen LogP contribution in [-0.4, -0.2) is 28.3 Å². The Kier molecular flexibility index (Phi) is 3.75. The van der Waals surface area contributed by atoms with Crippen LogP contribution in [0.1, 0.15) is 30.1 Å². The van der Waals surface area contributed by atoms with Gasteiger partial charge in [-0.3, -0.25) is 4.79 Å². The smallest absolute Gasteiger partial charge is 0.262 e. The summed E-state index contributed by atoms with van der Waals surface area (Å²) in [5.74, 6) is 0.493. The van der Waals surface area contributed by atoms with E-state index in [0.717, 1.165) is 18.4 Å². The third-order valence-electron chi connectivity index (χ3n) is 3.83. The normalized spacial score (nSPS) is 16.0. The van der Waals surface area contributed by atoms with Crippen molar-refractivity contribution in [3.63, 3.8) is 0 Å². The fourth-order valence-electron chi connectivity index (χ4n) is 2.70. The van der Waals surface area contributed by atoms with Crippen LogP contribution in [0, 0.1) is 6.92 Å². The second kappa shape index (κ2) is 5.69. The summed E-state index contributed by atoms with van der Waals surface area (Å²) in [5.41, 5.74) is 1.64. The minimum atomic E-state index is -0.297. The number of hydrogen-bond donors (Lipinski definition) is 2. The molecule has 21 heavy (non-hydrogen) atoms. The molecule has 1 saturated heterocycles. The second-order valence-electron chi connectivity index (χ2n) is 5.41. The highest BCUT2D eigenvalue weighted by molar-refractivity contribution is 5.67. The molecule has 1 aliphatic heterocycles. The number of aromatic nitrogens is 2. The van der Waals surface area contributed by atoms with E-state index in [1.165, 1.54) is 0 Å². The molecule has 3 rings (SSSR count). The van der Waals surface area contributed by atoms with Gasteiger partial charge in [-0.2, -0.15) is 4.98 Å². The van der Waals surface area contributed by atoms with E-state index in [1.54, 1.807) is 6.07 Å². The third-order valence-corrected chi connectivity index (χ3v) is 3.83. The predicted molar refractivity (Wildman–Crippen MR) is 79.5 cm³/mol. The topological polar surface area (TPSA) is 75.2 Å². The summed E-state index contributed by atoms with van der Waals surface area (Å²) in [4.78, 5) is 19.4. The molecule has 0 amide bonds. The molecule has 0 bridgehead atoms. The zero-order valence-electron chi connectivity index (χ0n) is 11.9. The maximum absolute atomic E-state index is 12.3. The lowest BCUT2D eigenvalue weighted by atomic mass is 9.99. The number of benzene rings is 1. The molecular weight excluding hydrogens is 268 g/mol. The average Bonchev–Trinajstić information content (AvgIpc) is 2.47. The Morgan fingerprint density at radius 2 is 2.10 bits per heavy atom. The van der Waals surface area contributed by atoms with E-state index in [-0.39, 0.29) is 22.9 Å². The number of rotatable bonds is 2. The molecule has 110 valence electrons. The summed E-state index contributed by atoms with van der Waals surface area (Å²) in [6, 6.07) is 7.46. The molecule has 1 aromatic carbocycles. The number of hydrogen-bond acceptors (Lipinski definition) is 4. The van der Waals surface area contributed by atoms with Crippen LogP contribution in [-0.2, 0) is 4.74 Å². The Morgan fingerprint density at radius 3 is 2.76 bits per heavy atom. The highest BCUT2D eigenvalue weighted by Gasteiger charge is 2.21. The maximum Gasteiger partial charge on any atom is 0.262 e. The average molecular weight is 286 g/mol. The van der Waals surface area contributed by atoms with Crippen LogP contribution < -0.4 is 5.56 Å². The highest BCUT2D eigenvalue weighted by Crippen LogP contribution is 2.28. The number of ether oxygens (including phenoxy) is 1. The van der Waals surface area contributed by atoms with Crippen molar-refractivity contribution in [2.24, 2.45) is 0 Å². The van der Waals surface area contributed by atoms with Gasteiger partial charge in [0.05, 0.1) is 0 Å². The molecule has 0 atom stereocenters. The molecular formula is C16H18N2O3. The molecule has 0 radical (unpaired) electrons. The molecule has 2 aromatic rings. The van der Waals surface area contributed by atoms with Crippen LogP contribution in [0.3, 0.4) is 0 Å². The summed E-state index contributed by atoms with van der Waals surface area (Å²) in [7, 11) is 0. The number of H-pyrrole nitrogens is 1. The summed E-state index contributed by atoms with van der Waals surface area (Å²) in [6.07, 6.45) is 1.62. The highest BCUT2D eigenvalue weighted by atomic mass is 16.5. The largest absolute Gasteiger partial charge is 0.493 e. The lowest BCUT2D eigenvalue weighted by Crippen LogP contribution is -2.21. The van der Waals surface area contributed by atoms with Gasteiger partial charge in [0.2, 0.25) is 5.88 Å². The van der Waals surface area contributed by atoms with E-state index in [0.29, 0.717) is 24.6 Å². The van der Waals surface area contributed by atoms with Gasteiger partial charge in [-0.15, -0.1) is 0 Å². The molecule has 5 heteroatoms. The van der Waals surface area contributed by atoms with E-state index < -0.39 is 0 Å². The first-order valence-corrected chi connectivity index (χ1v) is 7.13. The Hall–Kier alpha value is -2.14. The molecule has 0 spiro atoms. The quantitative estimate of drug-likeness (QED) is 0.888. The molecule has 1 aromatic heterocycles. The van der Waals surface area contributed by atoms with Crippen LogP contribution in [0.2, 0.25) is 0 Å².